The van der Waals surface area contributed by atoms with Crippen molar-refractivity contribution >= 4 is 11.7 Å². The molecule has 0 aliphatic carbocycles. The van der Waals surface area contributed by atoms with Crippen LogP contribution in [-0.4, -0.2) is 23.1 Å². The molecule has 2 heterocycles. The van der Waals surface area contributed by atoms with Crippen molar-refractivity contribution in [2.45, 2.75) is 51.6 Å². The summed E-state index contributed by atoms with van der Waals surface area (Å²) in [5.74, 6) is 0.726. The number of rotatable bonds is 10. The Bertz CT molecular complexity index is 1250. The molecule has 2 atom stereocenters. The van der Waals surface area contributed by atoms with E-state index in [1.165, 1.54) is 10.6 Å². The van der Waals surface area contributed by atoms with Gasteiger partial charge in [0.05, 0.1) is 11.6 Å². The molecule has 3 aromatic rings. The summed E-state index contributed by atoms with van der Waals surface area (Å²) < 4.78 is 12.3. The van der Waals surface area contributed by atoms with Gasteiger partial charge in [-0.1, -0.05) is 63.1 Å². The Kier molecular flexibility index (Phi) is 7.65. The summed E-state index contributed by atoms with van der Waals surface area (Å²) in [6.07, 6.45) is 4.38. The van der Waals surface area contributed by atoms with Crippen molar-refractivity contribution in [3.8, 4) is 11.5 Å². The Morgan fingerprint density at radius 1 is 1.00 bits per heavy atom. The van der Waals surface area contributed by atoms with Gasteiger partial charge in [0.15, 0.2) is 17.3 Å². The van der Waals surface area contributed by atoms with E-state index in [9.17, 15) is 14.4 Å². The summed E-state index contributed by atoms with van der Waals surface area (Å²) in [4.78, 5) is 39.9. The van der Waals surface area contributed by atoms with Crippen molar-refractivity contribution in [1.29, 1.82) is 0 Å². The first-order chi connectivity index (χ1) is 17.0. The number of unbranched alkanes of at least 4 members (excludes halogenated alkanes) is 1. The molecule has 0 spiro atoms. The number of ketones is 1. The van der Waals surface area contributed by atoms with Gasteiger partial charge in [-0.25, -0.2) is 0 Å². The van der Waals surface area contributed by atoms with Gasteiger partial charge in [0.25, 0.3) is 5.56 Å². The molecule has 0 bridgehead atoms. The number of benzene rings is 2. The molecule has 0 radical (unpaired) electrons. The second kappa shape index (κ2) is 11.0. The Morgan fingerprint density at radius 2 is 1.77 bits per heavy atom. The zero-order valence-corrected chi connectivity index (χ0v) is 20.0. The maximum Gasteiger partial charge on any atom is 0.262 e. The maximum absolute atomic E-state index is 13.5. The predicted molar refractivity (Wildman–Crippen MR) is 133 cm³/mol. The van der Waals surface area contributed by atoms with E-state index in [-0.39, 0.29) is 30.1 Å². The Morgan fingerprint density at radius 3 is 2.51 bits per heavy atom. The number of pyridine rings is 1. The highest BCUT2D eigenvalue weighted by Gasteiger charge is 2.26. The fourth-order valence-electron chi connectivity index (χ4n) is 4.29. The zero-order valence-electron chi connectivity index (χ0n) is 20.0. The monoisotopic (exact) mass is 474 g/mol. The molecule has 0 saturated carbocycles. The van der Waals surface area contributed by atoms with Gasteiger partial charge in [0.1, 0.15) is 6.04 Å². The van der Waals surface area contributed by atoms with Gasteiger partial charge in [-0.2, -0.15) is 0 Å². The summed E-state index contributed by atoms with van der Waals surface area (Å²) >= 11 is 0. The minimum absolute atomic E-state index is 0.0517. The van der Waals surface area contributed by atoms with Crippen molar-refractivity contribution in [3.05, 3.63) is 93.9 Å². The van der Waals surface area contributed by atoms with E-state index in [4.69, 9.17) is 9.47 Å². The van der Waals surface area contributed by atoms with Crippen molar-refractivity contribution in [2.75, 3.05) is 6.79 Å². The van der Waals surface area contributed by atoms with Crippen LogP contribution in [0.15, 0.2) is 71.7 Å². The van der Waals surface area contributed by atoms with Crippen LogP contribution in [0.3, 0.4) is 0 Å². The number of amides is 1. The van der Waals surface area contributed by atoms with Crippen LogP contribution in [-0.2, 0) is 4.79 Å². The Labute approximate surface area is 204 Å². The van der Waals surface area contributed by atoms with Crippen molar-refractivity contribution in [1.82, 2.24) is 9.88 Å². The van der Waals surface area contributed by atoms with Crippen LogP contribution in [0.25, 0.3) is 0 Å². The third-order valence-corrected chi connectivity index (χ3v) is 6.25. The quantitative estimate of drug-likeness (QED) is 0.426. The van der Waals surface area contributed by atoms with Crippen LogP contribution in [0.2, 0.25) is 0 Å². The first-order valence-corrected chi connectivity index (χ1v) is 12.0. The van der Waals surface area contributed by atoms with Gasteiger partial charge in [0.2, 0.25) is 12.7 Å². The normalized spacial score (nSPS) is 13.8. The molecule has 182 valence electrons. The van der Waals surface area contributed by atoms with E-state index in [1.807, 2.05) is 38.1 Å². The zero-order chi connectivity index (χ0) is 24.8. The Balaban J connectivity index is 1.62. The highest BCUT2D eigenvalue weighted by molar-refractivity contribution is 6.08. The minimum Gasteiger partial charge on any atom is -0.454 e. The fourth-order valence-corrected chi connectivity index (χ4v) is 4.29. The highest BCUT2D eigenvalue weighted by atomic mass is 16.7. The van der Waals surface area contributed by atoms with Crippen molar-refractivity contribution < 1.29 is 19.1 Å². The Hall–Kier alpha value is -3.87. The molecular formula is C28H30N2O5. The molecule has 35 heavy (non-hydrogen) atoms. The topological polar surface area (TPSA) is 86.6 Å². The molecule has 1 aromatic heterocycles. The summed E-state index contributed by atoms with van der Waals surface area (Å²) in [7, 11) is 0. The molecule has 2 aromatic carbocycles. The van der Waals surface area contributed by atoms with Gasteiger partial charge in [-0.05, 0) is 42.7 Å². The lowest BCUT2D eigenvalue weighted by atomic mass is 10.0. The van der Waals surface area contributed by atoms with Gasteiger partial charge in [0, 0.05) is 11.8 Å². The molecular weight excluding hydrogens is 444 g/mol. The molecule has 2 unspecified atom stereocenters. The summed E-state index contributed by atoms with van der Waals surface area (Å²) in [6.45, 7) is 4.21. The lowest BCUT2D eigenvalue weighted by Crippen LogP contribution is -2.40. The smallest absolute Gasteiger partial charge is 0.262 e. The van der Waals surface area contributed by atoms with Gasteiger partial charge < -0.3 is 19.4 Å². The molecule has 1 aliphatic rings. The molecule has 1 aliphatic heterocycles. The second-order valence-electron chi connectivity index (χ2n) is 8.57. The van der Waals surface area contributed by atoms with Gasteiger partial charge in [-0.3, -0.25) is 14.4 Å². The van der Waals surface area contributed by atoms with Gasteiger partial charge >= 0.3 is 0 Å². The van der Waals surface area contributed by atoms with Crippen LogP contribution < -0.4 is 20.3 Å². The van der Waals surface area contributed by atoms with Crippen LogP contribution in [0.5, 0.6) is 11.5 Å². The first kappa shape index (κ1) is 24.3. The number of aromatic nitrogens is 1. The number of carbonyl (C=O) groups excluding carboxylic acids is 2. The number of ether oxygens (including phenoxy) is 2. The average Bonchev–Trinajstić information content (AvgIpc) is 3.36. The lowest BCUT2D eigenvalue weighted by Gasteiger charge is -2.24. The van der Waals surface area contributed by atoms with E-state index >= 15 is 0 Å². The van der Waals surface area contributed by atoms with Crippen LogP contribution in [0, 0.1) is 0 Å². The SMILES string of the molecule is CCCCC(C(=O)NC(CC)c1ccc2c(c1)OCO2)n1cccc(C(=O)c2ccccc2)c1=O. The number of fused-ring (bicyclic) bond motifs is 1. The number of carbonyl (C=O) groups is 2. The highest BCUT2D eigenvalue weighted by Crippen LogP contribution is 2.35. The molecule has 0 saturated heterocycles. The van der Waals surface area contributed by atoms with Crippen LogP contribution >= 0.6 is 0 Å². The third kappa shape index (κ3) is 5.29. The molecule has 7 nitrogen and oxygen atoms in total. The van der Waals surface area contributed by atoms with Crippen LogP contribution in [0.1, 0.15) is 73.1 Å². The third-order valence-electron chi connectivity index (χ3n) is 6.25. The summed E-state index contributed by atoms with van der Waals surface area (Å²) in [5, 5.41) is 3.11. The van der Waals surface area contributed by atoms with E-state index in [2.05, 4.69) is 5.32 Å². The average molecular weight is 475 g/mol. The molecule has 7 heteroatoms. The number of nitrogens with one attached hydrogen (secondary N) is 1. The summed E-state index contributed by atoms with van der Waals surface area (Å²) in [6, 6.07) is 16.5. The maximum atomic E-state index is 13.5. The standard InChI is InChI=1S/C28H30N2O5/c1-3-5-13-23(27(32)29-22(4-2)20-14-15-24-25(17-20)35-18-34-24)30-16-9-12-21(28(30)33)26(31)19-10-7-6-8-11-19/h6-12,14-17,22-23H,3-5,13,18H2,1-2H3,(H,29,32). The molecule has 4 rings (SSSR count). The molecule has 1 amide bonds. The van der Waals surface area contributed by atoms with Crippen molar-refractivity contribution in [2.24, 2.45) is 0 Å². The van der Waals surface area contributed by atoms with Gasteiger partial charge in [-0.15, -0.1) is 0 Å². The van der Waals surface area contributed by atoms with Crippen LogP contribution in [0.4, 0.5) is 0 Å². The molecule has 0 fully saturated rings. The minimum atomic E-state index is -0.728. The largest absolute Gasteiger partial charge is 0.454 e. The second-order valence-corrected chi connectivity index (χ2v) is 8.57. The lowest BCUT2D eigenvalue weighted by molar-refractivity contribution is -0.125. The number of hydrogen-bond acceptors (Lipinski definition) is 5. The van der Waals surface area contributed by atoms with E-state index < -0.39 is 11.6 Å². The van der Waals surface area contributed by atoms with E-state index in [0.717, 1.165) is 18.4 Å². The number of nitrogens with zero attached hydrogens (tertiary/aromatic N) is 1. The summed E-state index contributed by atoms with van der Waals surface area (Å²) in [5.41, 5.74) is 0.926. The number of hydrogen-bond donors (Lipinski definition) is 1. The van der Waals surface area contributed by atoms with Crippen molar-refractivity contribution in [3.63, 3.8) is 0 Å². The van der Waals surface area contributed by atoms with E-state index in [0.29, 0.717) is 29.9 Å². The first-order valence-electron chi connectivity index (χ1n) is 12.0. The van der Waals surface area contributed by atoms with E-state index in [1.54, 1.807) is 36.5 Å². The fraction of sp³-hybridized carbons (Fsp3) is 0.321. The predicted octanol–water partition coefficient (Wildman–Crippen LogP) is 4.81. The molecule has 1 N–H and O–H groups in total.